The average Bonchev–Trinajstić information content (AvgIpc) is 3.12. The summed E-state index contributed by atoms with van der Waals surface area (Å²) in [6.07, 6.45) is 0. The molecule has 0 amide bonds. The van der Waals surface area contributed by atoms with Crippen molar-refractivity contribution in [1.82, 2.24) is 10.1 Å². The quantitative estimate of drug-likeness (QED) is 0.763. The first kappa shape index (κ1) is 11.3. The van der Waals surface area contributed by atoms with Gasteiger partial charge in [-0.05, 0) is 0 Å². The third-order valence-electron chi connectivity index (χ3n) is 2.54. The molecule has 0 aliphatic carbocycles. The van der Waals surface area contributed by atoms with Crippen LogP contribution in [-0.2, 0) is 9.47 Å². The maximum absolute atomic E-state index is 9.12. The fourth-order valence-electron chi connectivity index (χ4n) is 1.67. The molecule has 1 aliphatic heterocycles. The number of benzene rings is 1. The molecule has 1 aromatic carbocycles. The predicted octanol–water partition coefficient (Wildman–Crippen LogP) is 1.98. The van der Waals surface area contributed by atoms with E-state index >= 15 is 0 Å². The number of hydrogen-bond acceptors (Lipinski definition) is 6. The van der Waals surface area contributed by atoms with E-state index in [-0.39, 0.29) is 17.4 Å². The molecule has 1 aliphatic rings. The van der Waals surface area contributed by atoms with Crippen LogP contribution in [0.4, 0.5) is 0 Å². The van der Waals surface area contributed by atoms with Crippen LogP contribution in [0.1, 0.15) is 5.89 Å². The normalized spacial score (nSPS) is 13.5. The van der Waals surface area contributed by atoms with Gasteiger partial charge in [-0.2, -0.15) is 10.2 Å². The topological polar surface area (TPSA) is 81.2 Å². The van der Waals surface area contributed by atoms with Crippen molar-refractivity contribution in [3.05, 3.63) is 42.2 Å². The molecule has 2 aromatic rings. The van der Waals surface area contributed by atoms with Crippen LogP contribution in [0.25, 0.3) is 17.0 Å². The van der Waals surface area contributed by atoms with Crippen LogP contribution in [0.5, 0.6) is 0 Å². The summed E-state index contributed by atoms with van der Waals surface area (Å²) in [6.45, 7) is 0.834. The minimum Gasteiger partial charge on any atom is -0.461 e. The highest BCUT2D eigenvalue weighted by atomic mass is 16.7. The molecule has 2 heterocycles. The van der Waals surface area contributed by atoms with Gasteiger partial charge in [0.25, 0.3) is 5.89 Å². The Morgan fingerprint density at radius 1 is 1.16 bits per heavy atom. The van der Waals surface area contributed by atoms with Crippen molar-refractivity contribution in [3.8, 4) is 17.5 Å². The van der Waals surface area contributed by atoms with Gasteiger partial charge in [0.2, 0.25) is 5.82 Å². The number of rotatable bonds is 2. The summed E-state index contributed by atoms with van der Waals surface area (Å²) in [5.41, 5.74) is 0.931. The van der Waals surface area contributed by atoms with E-state index in [2.05, 4.69) is 10.1 Å². The van der Waals surface area contributed by atoms with E-state index in [0.717, 1.165) is 5.56 Å². The number of nitrogens with zero attached hydrogens (tertiary/aromatic N) is 3. The molecule has 0 spiro atoms. The lowest BCUT2D eigenvalue weighted by molar-refractivity contribution is 0.178. The molecule has 1 fully saturated rings. The van der Waals surface area contributed by atoms with Gasteiger partial charge in [-0.1, -0.05) is 35.5 Å². The highest BCUT2D eigenvalue weighted by Crippen LogP contribution is 2.23. The van der Waals surface area contributed by atoms with Gasteiger partial charge in [0.15, 0.2) is 5.57 Å². The number of hydrogen-bond donors (Lipinski definition) is 0. The van der Waals surface area contributed by atoms with Crippen molar-refractivity contribution < 1.29 is 14.0 Å². The lowest BCUT2D eigenvalue weighted by Crippen LogP contribution is -1.91. The number of aromatic nitrogens is 2. The first-order valence-corrected chi connectivity index (χ1v) is 5.68. The molecule has 1 saturated heterocycles. The first-order valence-electron chi connectivity index (χ1n) is 5.68. The second kappa shape index (κ2) is 4.82. The van der Waals surface area contributed by atoms with Crippen molar-refractivity contribution in [1.29, 1.82) is 5.26 Å². The smallest absolute Gasteiger partial charge is 0.303 e. The van der Waals surface area contributed by atoms with E-state index in [1.807, 2.05) is 36.4 Å². The van der Waals surface area contributed by atoms with E-state index in [1.54, 1.807) is 0 Å². The zero-order valence-electron chi connectivity index (χ0n) is 9.87. The van der Waals surface area contributed by atoms with Gasteiger partial charge in [0, 0.05) is 5.56 Å². The van der Waals surface area contributed by atoms with E-state index in [4.69, 9.17) is 19.3 Å². The van der Waals surface area contributed by atoms with Gasteiger partial charge in [-0.15, -0.1) is 0 Å². The Labute approximate surface area is 108 Å². The summed E-state index contributed by atoms with van der Waals surface area (Å²) in [4.78, 5) is 4.18. The Bertz CT molecular complexity index is 647. The monoisotopic (exact) mass is 255 g/mol. The second-order valence-corrected chi connectivity index (χ2v) is 3.76. The Morgan fingerprint density at radius 2 is 1.89 bits per heavy atom. The standard InChI is InChI=1S/C13H9N3O3/c14-8-10(13-17-6-7-18-13)12-15-11(16-19-12)9-4-2-1-3-5-9/h1-5H,6-7H2. The SMILES string of the molecule is N#CC(=C1OCCO1)c1nc(-c2ccccc2)no1. The molecule has 0 radical (unpaired) electrons. The molecular weight excluding hydrogens is 246 g/mol. The summed E-state index contributed by atoms with van der Waals surface area (Å²) >= 11 is 0. The lowest BCUT2D eigenvalue weighted by Gasteiger charge is -1.97. The minimum atomic E-state index is 0.0956. The summed E-state index contributed by atoms with van der Waals surface area (Å²) < 4.78 is 15.4. The largest absolute Gasteiger partial charge is 0.461 e. The number of allylic oxidation sites excluding steroid dienone is 1. The summed E-state index contributed by atoms with van der Waals surface area (Å²) in [5.74, 6) is 0.658. The summed E-state index contributed by atoms with van der Waals surface area (Å²) in [5, 5.41) is 13.0. The Balaban J connectivity index is 1.98. The van der Waals surface area contributed by atoms with Crippen molar-refractivity contribution in [2.45, 2.75) is 0 Å². The number of ether oxygens (including phenoxy) is 2. The molecule has 94 valence electrons. The highest BCUT2D eigenvalue weighted by Gasteiger charge is 2.22. The van der Waals surface area contributed by atoms with Gasteiger partial charge in [0.1, 0.15) is 19.3 Å². The molecule has 0 atom stereocenters. The molecule has 0 N–H and O–H groups in total. The molecule has 6 nitrogen and oxygen atoms in total. The molecule has 19 heavy (non-hydrogen) atoms. The molecule has 3 rings (SSSR count). The predicted molar refractivity (Wildman–Crippen MR) is 64.2 cm³/mol. The van der Waals surface area contributed by atoms with Crippen molar-refractivity contribution in [3.63, 3.8) is 0 Å². The van der Waals surface area contributed by atoms with Gasteiger partial charge in [0.05, 0.1) is 0 Å². The van der Waals surface area contributed by atoms with Crippen LogP contribution in [0, 0.1) is 11.3 Å². The summed E-state index contributed by atoms with van der Waals surface area (Å²) in [6, 6.07) is 11.3. The Kier molecular flexibility index (Phi) is 2.86. The maximum atomic E-state index is 9.12. The van der Waals surface area contributed by atoms with Crippen LogP contribution >= 0.6 is 0 Å². The second-order valence-electron chi connectivity index (χ2n) is 3.76. The van der Waals surface area contributed by atoms with Crippen LogP contribution in [0.15, 0.2) is 40.8 Å². The van der Waals surface area contributed by atoms with E-state index < -0.39 is 0 Å². The average molecular weight is 255 g/mol. The van der Waals surface area contributed by atoms with E-state index in [0.29, 0.717) is 19.0 Å². The maximum Gasteiger partial charge on any atom is 0.303 e. The lowest BCUT2D eigenvalue weighted by atomic mass is 10.2. The van der Waals surface area contributed by atoms with Crippen LogP contribution in [0.2, 0.25) is 0 Å². The van der Waals surface area contributed by atoms with Crippen LogP contribution < -0.4 is 0 Å². The molecule has 1 aromatic heterocycles. The third-order valence-corrected chi connectivity index (χ3v) is 2.54. The van der Waals surface area contributed by atoms with Crippen LogP contribution in [0.3, 0.4) is 0 Å². The summed E-state index contributed by atoms with van der Waals surface area (Å²) in [7, 11) is 0. The molecule has 6 heteroatoms. The van der Waals surface area contributed by atoms with Gasteiger partial charge in [-0.3, -0.25) is 0 Å². The highest BCUT2D eigenvalue weighted by molar-refractivity contribution is 5.73. The molecule has 0 bridgehead atoms. The molecule has 0 saturated carbocycles. The fraction of sp³-hybridized carbons (Fsp3) is 0.154. The van der Waals surface area contributed by atoms with Gasteiger partial charge in [-0.25, -0.2) is 0 Å². The minimum absolute atomic E-state index is 0.0956. The molecular formula is C13H9N3O3. The molecule has 0 unspecified atom stereocenters. The number of nitriles is 1. The van der Waals surface area contributed by atoms with E-state index in [9.17, 15) is 0 Å². The van der Waals surface area contributed by atoms with Gasteiger partial charge < -0.3 is 14.0 Å². The first-order chi connectivity index (χ1) is 9.38. The van der Waals surface area contributed by atoms with Gasteiger partial charge >= 0.3 is 5.95 Å². The van der Waals surface area contributed by atoms with Crippen LogP contribution in [-0.4, -0.2) is 23.4 Å². The van der Waals surface area contributed by atoms with Crippen molar-refractivity contribution in [2.75, 3.05) is 13.2 Å². The van der Waals surface area contributed by atoms with Crippen molar-refractivity contribution >= 4 is 5.57 Å². The Hall–Kier alpha value is -2.81. The zero-order valence-corrected chi connectivity index (χ0v) is 9.87. The third kappa shape index (κ3) is 2.13. The zero-order chi connectivity index (χ0) is 13.1. The van der Waals surface area contributed by atoms with E-state index in [1.165, 1.54) is 0 Å². The van der Waals surface area contributed by atoms with Crippen molar-refractivity contribution in [2.24, 2.45) is 0 Å². The fourth-order valence-corrected chi connectivity index (χ4v) is 1.67. The Morgan fingerprint density at radius 3 is 2.58 bits per heavy atom.